The average molecular weight is 313 g/mol. The highest BCUT2D eigenvalue weighted by Crippen LogP contribution is 2.21. The van der Waals surface area contributed by atoms with Gasteiger partial charge in [0.05, 0.1) is 17.7 Å². The maximum atomic E-state index is 12.4. The molecule has 0 aromatic heterocycles. The highest BCUT2D eigenvalue weighted by molar-refractivity contribution is 9.10. The lowest BCUT2D eigenvalue weighted by molar-refractivity contribution is 0.0580. The summed E-state index contributed by atoms with van der Waals surface area (Å²) in [5.74, 6) is -0.0710. The van der Waals surface area contributed by atoms with Crippen LogP contribution in [-0.4, -0.2) is 48.2 Å². The number of halogens is 1. The summed E-state index contributed by atoms with van der Waals surface area (Å²) >= 11 is 3.40. The number of benzene rings is 1. The Kier molecular flexibility index (Phi) is 4.04. The number of hydrogen-bond acceptors (Lipinski definition) is 3. The van der Waals surface area contributed by atoms with Gasteiger partial charge in [0.2, 0.25) is 0 Å². The first-order valence-corrected chi connectivity index (χ1v) is 6.72. The van der Waals surface area contributed by atoms with E-state index in [-0.39, 0.29) is 11.9 Å². The quantitative estimate of drug-likeness (QED) is 0.861. The first kappa shape index (κ1) is 13.5. The Balaban J connectivity index is 2.22. The molecule has 0 spiro atoms. The van der Waals surface area contributed by atoms with Gasteiger partial charge in [0.15, 0.2) is 0 Å². The molecular formula is C13H17BrN2O2. The zero-order valence-electron chi connectivity index (χ0n) is 10.5. The van der Waals surface area contributed by atoms with Crippen LogP contribution < -0.4 is 5.32 Å². The second kappa shape index (κ2) is 5.38. The fraction of sp³-hybridized carbons (Fsp3) is 0.462. The van der Waals surface area contributed by atoms with Crippen molar-refractivity contribution in [1.82, 2.24) is 10.2 Å². The zero-order chi connectivity index (χ0) is 13.3. The lowest BCUT2D eigenvalue weighted by atomic mass is 10.1. The van der Waals surface area contributed by atoms with Gasteiger partial charge in [-0.25, -0.2) is 0 Å². The Morgan fingerprint density at radius 3 is 2.83 bits per heavy atom. The molecule has 2 N–H and O–H groups in total. The molecule has 0 saturated carbocycles. The van der Waals surface area contributed by atoms with E-state index in [4.69, 9.17) is 0 Å². The van der Waals surface area contributed by atoms with Gasteiger partial charge in [-0.15, -0.1) is 0 Å². The highest BCUT2D eigenvalue weighted by Gasteiger charge is 2.32. The number of nitrogens with zero attached hydrogens (tertiary/aromatic N) is 1. The lowest BCUT2D eigenvalue weighted by Crippen LogP contribution is -2.44. The Bertz CT molecular complexity index is 464. The van der Waals surface area contributed by atoms with E-state index in [9.17, 15) is 9.90 Å². The molecule has 2 atom stereocenters. The van der Waals surface area contributed by atoms with Crippen molar-refractivity contribution in [2.24, 2.45) is 0 Å². The standard InChI is InChI=1S/C13H17BrN2O2/c1-8-3-4-10(14)9(5-8)13(18)16(2)11-6-15-7-12(11)17/h3-5,11-12,15,17H,6-7H2,1-2H3/t11-,12-/m1/s1. The van der Waals surface area contributed by atoms with Gasteiger partial charge in [-0.3, -0.25) is 4.79 Å². The molecule has 1 amide bonds. The fourth-order valence-electron chi connectivity index (χ4n) is 2.19. The van der Waals surface area contributed by atoms with Gasteiger partial charge in [-0.1, -0.05) is 11.6 Å². The highest BCUT2D eigenvalue weighted by atomic mass is 79.9. The number of likely N-dealkylation sites (N-methyl/N-ethyl adjacent to an activating group) is 1. The number of aliphatic hydroxyl groups is 1. The van der Waals surface area contributed by atoms with Crippen LogP contribution in [0, 0.1) is 6.92 Å². The minimum Gasteiger partial charge on any atom is -0.390 e. The van der Waals surface area contributed by atoms with E-state index < -0.39 is 6.10 Å². The third-order valence-corrected chi connectivity index (χ3v) is 4.01. The van der Waals surface area contributed by atoms with Crippen molar-refractivity contribution >= 4 is 21.8 Å². The van der Waals surface area contributed by atoms with E-state index >= 15 is 0 Å². The molecule has 0 bridgehead atoms. The van der Waals surface area contributed by atoms with Crippen LogP contribution in [0.4, 0.5) is 0 Å². The maximum Gasteiger partial charge on any atom is 0.255 e. The van der Waals surface area contributed by atoms with Crippen LogP contribution in [-0.2, 0) is 0 Å². The number of aliphatic hydroxyl groups excluding tert-OH is 1. The number of nitrogens with one attached hydrogen (secondary N) is 1. The number of rotatable bonds is 2. The van der Waals surface area contributed by atoms with Crippen molar-refractivity contribution in [3.05, 3.63) is 33.8 Å². The first-order chi connectivity index (χ1) is 8.50. The van der Waals surface area contributed by atoms with E-state index in [1.807, 2.05) is 25.1 Å². The Morgan fingerprint density at radius 1 is 1.50 bits per heavy atom. The minimum absolute atomic E-state index is 0.0710. The van der Waals surface area contributed by atoms with Crippen molar-refractivity contribution in [2.75, 3.05) is 20.1 Å². The topological polar surface area (TPSA) is 52.6 Å². The fourth-order valence-corrected chi connectivity index (χ4v) is 2.61. The van der Waals surface area contributed by atoms with Crippen LogP contribution in [0.3, 0.4) is 0 Å². The number of amides is 1. The summed E-state index contributed by atoms with van der Waals surface area (Å²) in [6.45, 7) is 3.12. The number of carbonyl (C=O) groups is 1. The molecule has 98 valence electrons. The largest absolute Gasteiger partial charge is 0.390 e. The van der Waals surface area contributed by atoms with E-state index in [0.717, 1.165) is 10.0 Å². The number of β-amino-alcohol motifs (C(OH)–C–C–N with tert-alkyl or cyclic N) is 1. The predicted octanol–water partition coefficient (Wildman–Crippen LogP) is 1.16. The van der Waals surface area contributed by atoms with Crippen molar-refractivity contribution < 1.29 is 9.90 Å². The second-order valence-electron chi connectivity index (χ2n) is 4.69. The molecule has 1 aromatic rings. The summed E-state index contributed by atoms with van der Waals surface area (Å²) in [5.41, 5.74) is 1.68. The molecule has 18 heavy (non-hydrogen) atoms. The molecule has 1 aliphatic heterocycles. The van der Waals surface area contributed by atoms with E-state index in [0.29, 0.717) is 18.7 Å². The van der Waals surface area contributed by atoms with Gasteiger partial charge in [-0.2, -0.15) is 0 Å². The summed E-state index contributed by atoms with van der Waals surface area (Å²) in [7, 11) is 1.73. The Hall–Kier alpha value is -0.910. The predicted molar refractivity (Wildman–Crippen MR) is 73.6 cm³/mol. The third-order valence-electron chi connectivity index (χ3n) is 3.32. The molecule has 2 rings (SSSR count). The first-order valence-electron chi connectivity index (χ1n) is 5.93. The minimum atomic E-state index is -0.498. The molecule has 0 unspecified atom stereocenters. The van der Waals surface area contributed by atoms with Crippen molar-refractivity contribution in [3.63, 3.8) is 0 Å². The average Bonchev–Trinajstić information content (AvgIpc) is 2.77. The molecule has 1 aromatic carbocycles. The van der Waals surface area contributed by atoms with Crippen LogP contribution >= 0.6 is 15.9 Å². The van der Waals surface area contributed by atoms with Crippen molar-refractivity contribution in [2.45, 2.75) is 19.1 Å². The smallest absolute Gasteiger partial charge is 0.255 e. The van der Waals surface area contributed by atoms with Crippen molar-refractivity contribution in [1.29, 1.82) is 0 Å². The summed E-state index contributed by atoms with van der Waals surface area (Å²) in [6, 6.07) is 5.52. The number of hydrogen-bond donors (Lipinski definition) is 2. The Morgan fingerprint density at radius 2 is 2.22 bits per heavy atom. The molecule has 4 nitrogen and oxygen atoms in total. The molecular weight excluding hydrogens is 296 g/mol. The summed E-state index contributed by atoms with van der Waals surface area (Å²) in [4.78, 5) is 14.0. The normalized spacial score (nSPS) is 23.1. The van der Waals surface area contributed by atoms with Gasteiger partial charge >= 0.3 is 0 Å². The van der Waals surface area contributed by atoms with E-state index in [2.05, 4.69) is 21.2 Å². The third kappa shape index (κ3) is 2.58. The number of aryl methyl sites for hydroxylation is 1. The summed E-state index contributed by atoms with van der Waals surface area (Å²) in [6.07, 6.45) is -0.498. The van der Waals surface area contributed by atoms with Gasteiger partial charge in [0.25, 0.3) is 5.91 Å². The summed E-state index contributed by atoms with van der Waals surface area (Å²) < 4.78 is 0.783. The molecule has 1 saturated heterocycles. The monoisotopic (exact) mass is 312 g/mol. The maximum absolute atomic E-state index is 12.4. The molecule has 5 heteroatoms. The van der Waals surface area contributed by atoms with Gasteiger partial charge in [0, 0.05) is 24.6 Å². The molecule has 1 aliphatic rings. The van der Waals surface area contributed by atoms with Gasteiger partial charge in [0.1, 0.15) is 0 Å². The van der Waals surface area contributed by atoms with Gasteiger partial charge in [-0.05, 0) is 35.0 Å². The molecule has 1 fully saturated rings. The van der Waals surface area contributed by atoms with Gasteiger partial charge < -0.3 is 15.3 Å². The van der Waals surface area contributed by atoms with Crippen LogP contribution in [0.5, 0.6) is 0 Å². The van der Waals surface area contributed by atoms with Crippen LogP contribution in [0.25, 0.3) is 0 Å². The molecule has 0 radical (unpaired) electrons. The second-order valence-corrected chi connectivity index (χ2v) is 5.55. The molecule has 0 aliphatic carbocycles. The molecule has 1 heterocycles. The van der Waals surface area contributed by atoms with Crippen LogP contribution in [0.2, 0.25) is 0 Å². The SMILES string of the molecule is Cc1ccc(Br)c(C(=O)N(C)[C@@H]2CNC[C@H]2O)c1. The summed E-state index contributed by atoms with van der Waals surface area (Å²) in [5, 5.41) is 12.9. The zero-order valence-corrected chi connectivity index (χ0v) is 12.1. The Labute approximate surface area is 115 Å². The van der Waals surface area contributed by atoms with Crippen LogP contribution in [0.15, 0.2) is 22.7 Å². The van der Waals surface area contributed by atoms with Crippen molar-refractivity contribution in [3.8, 4) is 0 Å². The lowest BCUT2D eigenvalue weighted by Gasteiger charge is -2.27. The number of carbonyl (C=O) groups excluding carboxylic acids is 1. The van der Waals surface area contributed by atoms with E-state index in [1.54, 1.807) is 11.9 Å². The van der Waals surface area contributed by atoms with E-state index in [1.165, 1.54) is 0 Å². The van der Waals surface area contributed by atoms with Crippen LogP contribution in [0.1, 0.15) is 15.9 Å².